The van der Waals surface area contributed by atoms with Crippen molar-refractivity contribution < 1.29 is 9.53 Å². The maximum Gasteiger partial charge on any atom is 0.232 e. The van der Waals surface area contributed by atoms with E-state index in [2.05, 4.69) is 52.9 Å². The second kappa shape index (κ2) is 6.94. The average molecular weight is 398 g/mol. The van der Waals surface area contributed by atoms with Crippen molar-refractivity contribution in [2.75, 3.05) is 39.4 Å². The van der Waals surface area contributed by atoms with Crippen molar-refractivity contribution in [3.63, 3.8) is 0 Å². The molecule has 4 heterocycles. The van der Waals surface area contributed by atoms with E-state index in [1.54, 1.807) is 11.3 Å². The first-order valence-corrected chi connectivity index (χ1v) is 11.1. The third-order valence-electron chi connectivity index (χ3n) is 7.06. The number of nitrogens with one attached hydrogen (secondary N) is 1. The van der Waals surface area contributed by atoms with E-state index in [0.717, 1.165) is 49.7 Å². The van der Waals surface area contributed by atoms with Gasteiger partial charge in [-0.2, -0.15) is 0 Å². The molecule has 0 aliphatic carbocycles. The van der Waals surface area contributed by atoms with Crippen LogP contribution >= 0.6 is 11.3 Å². The topological polar surface area (TPSA) is 54.5 Å². The van der Waals surface area contributed by atoms with Gasteiger partial charge in [-0.1, -0.05) is 30.3 Å². The van der Waals surface area contributed by atoms with Crippen molar-refractivity contribution in [1.82, 2.24) is 15.2 Å². The summed E-state index contributed by atoms with van der Waals surface area (Å²) in [7, 11) is 0. The zero-order valence-corrected chi connectivity index (χ0v) is 17.1. The Labute approximate surface area is 170 Å². The molecule has 3 fully saturated rings. The van der Waals surface area contributed by atoms with Gasteiger partial charge in [-0.25, -0.2) is 4.98 Å². The lowest BCUT2D eigenvalue weighted by atomic mass is 9.70. The highest BCUT2D eigenvalue weighted by atomic mass is 32.1. The molecule has 2 atom stereocenters. The molecule has 5 nitrogen and oxygen atoms in total. The molecule has 148 valence electrons. The average Bonchev–Trinajstić information content (AvgIpc) is 3.44. The van der Waals surface area contributed by atoms with Crippen LogP contribution in [0.15, 0.2) is 35.7 Å². The number of benzene rings is 1. The first kappa shape index (κ1) is 18.3. The molecule has 1 aromatic heterocycles. The van der Waals surface area contributed by atoms with Gasteiger partial charge in [-0.05, 0) is 25.3 Å². The molecule has 3 aliphatic heterocycles. The molecular formula is C22H27N3O2S. The van der Waals surface area contributed by atoms with Gasteiger partial charge in [-0.3, -0.25) is 4.79 Å². The van der Waals surface area contributed by atoms with Crippen LogP contribution in [-0.4, -0.2) is 55.2 Å². The number of aromatic nitrogens is 1. The molecule has 5 rings (SSSR count). The minimum Gasteiger partial charge on any atom is -0.380 e. The van der Waals surface area contributed by atoms with Crippen molar-refractivity contribution in [2.45, 2.75) is 25.2 Å². The maximum atomic E-state index is 13.5. The molecule has 1 amide bonds. The number of nitrogens with zero attached hydrogens (tertiary/aromatic N) is 2. The van der Waals surface area contributed by atoms with Crippen molar-refractivity contribution in [2.24, 2.45) is 11.3 Å². The summed E-state index contributed by atoms with van der Waals surface area (Å²) in [5.41, 5.74) is 2.04. The number of ether oxygens (including phenoxy) is 1. The van der Waals surface area contributed by atoms with Crippen LogP contribution in [0.25, 0.3) is 0 Å². The van der Waals surface area contributed by atoms with E-state index in [-0.39, 0.29) is 16.7 Å². The standard InChI is InChI=1S/C22H27N3O2S/c1-16-24-19(13-28-16)21(17-5-3-2-4-6-17)7-9-25(10-8-21)20(26)22-14-23-11-18(22)12-27-15-22/h2-6,13,18,23H,7-12,14-15H2,1H3/t18-,22-/m0/s1. The Kier molecular flexibility index (Phi) is 4.53. The fraction of sp³-hybridized carbons (Fsp3) is 0.545. The number of carbonyl (C=O) groups is 1. The van der Waals surface area contributed by atoms with Crippen LogP contribution in [-0.2, 0) is 14.9 Å². The number of hydrogen-bond acceptors (Lipinski definition) is 5. The normalized spacial score (nSPS) is 29.0. The van der Waals surface area contributed by atoms with Crippen molar-refractivity contribution >= 4 is 17.2 Å². The predicted molar refractivity (Wildman–Crippen MR) is 109 cm³/mol. The van der Waals surface area contributed by atoms with Gasteiger partial charge in [0, 0.05) is 42.9 Å². The first-order valence-electron chi connectivity index (χ1n) is 10.2. The van der Waals surface area contributed by atoms with Gasteiger partial charge in [-0.15, -0.1) is 11.3 Å². The van der Waals surface area contributed by atoms with Crippen LogP contribution in [0.5, 0.6) is 0 Å². The molecule has 6 heteroatoms. The lowest BCUT2D eigenvalue weighted by molar-refractivity contribution is -0.144. The summed E-state index contributed by atoms with van der Waals surface area (Å²) in [4.78, 5) is 20.4. The summed E-state index contributed by atoms with van der Waals surface area (Å²) in [6.07, 6.45) is 1.84. The van der Waals surface area contributed by atoms with E-state index in [4.69, 9.17) is 9.72 Å². The Hall–Kier alpha value is -1.76. The molecule has 1 N–H and O–H groups in total. The summed E-state index contributed by atoms with van der Waals surface area (Å²) in [5.74, 6) is 0.609. The molecule has 0 bridgehead atoms. The van der Waals surface area contributed by atoms with Crippen molar-refractivity contribution in [1.29, 1.82) is 0 Å². The van der Waals surface area contributed by atoms with Crippen LogP contribution in [0.3, 0.4) is 0 Å². The predicted octanol–water partition coefficient (Wildman–Crippen LogP) is 2.60. The van der Waals surface area contributed by atoms with Gasteiger partial charge in [0.2, 0.25) is 5.91 Å². The number of piperidine rings is 1. The quantitative estimate of drug-likeness (QED) is 0.865. The molecular weight excluding hydrogens is 370 g/mol. The van der Waals surface area contributed by atoms with E-state index < -0.39 is 0 Å². The Bertz CT molecular complexity index is 848. The summed E-state index contributed by atoms with van der Waals surface area (Å²) in [5, 5.41) is 6.73. The summed E-state index contributed by atoms with van der Waals surface area (Å²) < 4.78 is 5.71. The van der Waals surface area contributed by atoms with E-state index >= 15 is 0 Å². The van der Waals surface area contributed by atoms with E-state index in [0.29, 0.717) is 19.1 Å². The molecule has 0 spiro atoms. The number of amides is 1. The highest BCUT2D eigenvalue weighted by Gasteiger charge is 2.55. The summed E-state index contributed by atoms with van der Waals surface area (Å²) >= 11 is 1.71. The third kappa shape index (κ3) is 2.73. The third-order valence-corrected chi connectivity index (χ3v) is 7.83. The van der Waals surface area contributed by atoms with Gasteiger partial charge in [0.15, 0.2) is 0 Å². The number of aryl methyl sites for hydroxylation is 1. The number of carbonyl (C=O) groups excluding carboxylic acids is 1. The van der Waals surface area contributed by atoms with Gasteiger partial charge in [0.25, 0.3) is 0 Å². The second-order valence-electron chi connectivity index (χ2n) is 8.49. The van der Waals surface area contributed by atoms with Gasteiger partial charge in [0.05, 0.1) is 29.3 Å². The van der Waals surface area contributed by atoms with Crippen LogP contribution in [0.2, 0.25) is 0 Å². The minimum atomic E-state index is -0.343. The second-order valence-corrected chi connectivity index (χ2v) is 9.55. The van der Waals surface area contributed by atoms with Crippen molar-refractivity contribution in [3.8, 4) is 0 Å². The highest BCUT2D eigenvalue weighted by molar-refractivity contribution is 7.09. The van der Waals surface area contributed by atoms with Crippen LogP contribution in [0.1, 0.15) is 29.1 Å². The van der Waals surface area contributed by atoms with Gasteiger partial charge < -0.3 is 15.0 Å². The monoisotopic (exact) mass is 397 g/mol. The Morgan fingerprint density at radius 2 is 2.07 bits per heavy atom. The lowest BCUT2D eigenvalue weighted by Gasteiger charge is -2.43. The molecule has 0 unspecified atom stereocenters. The number of likely N-dealkylation sites (tertiary alicyclic amines) is 1. The molecule has 3 saturated heterocycles. The molecule has 0 saturated carbocycles. The number of hydrogen-bond donors (Lipinski definition) is 1. The Morgan fingerprint density at radius 3 is 2.79 bits per heavy atom. The number of rotatable bonds is 3. The van der Waals surface area contributed by atoms with E-state index in [9.17, 15) is 4.79 Å². The zero-order valence-electron chi connectivity index (χ0n) is 16.3. The van der Waals surface area contributed by atoms with E-state index in [1.165, 1.54) is 5.56 Å². The fourth-order valence-corrected chi connectivity index (χ4v) is 6.04. The fourth-order valence-electron chi connectivity index (χ4n) is 5.33. The van der Waals surface area contributed by atoms with Crippen molar-refractivity contribution in [3.05, 3.63) is 52.0 Å². The number of thiazole rings is 1. The van der Waals surface area contributed by atoms with Crippen LogP contribution < -0.4 is 5.32 Å². The molecule has 0 radical (unpaired) electrons. The Balaban J connectivity index is 1.41. The summed E-state index contributed by atoms with van der Waals surface area (Å²) in [6.45, 7) is 6.54. The smallest absolute Gasteiger partial charge is 0.232 e. The van der Waals surface area contributed by atoms with Crippen LogP contribution in [0.4, 0.5) is 0 Å². The highest BCUT2D eigenvalue weighted by Crippen LogP contribution is 2.44. The van der Waals surface area contributed by atoms with Gasteiger partial charge >= 0.3 is 0 Å². The Morgan fingerprint density at radius 1 is 1.29 bits per heavy atom. The van der Waals surface area contributed by atoms with E-state index in [1.807, 2.05) is 0 Å². The minimum absolute atomic E-state index is 0.0973. The first-order chi connectivity index (χ1) is 13.6. The van der Waals surface area contributed by atoms with Gasteiger partial charge in [0.1, 0.15) is 0 Å². The molecule has 3 aliphatic rings. The maximum absolute atomic E-state index is 13.5. The lowest BCUT2D eigenvalue weighted by Crippen LogP contribution is -2.53. The summed E-state index contributed by atoms with van der Waals surface area (Å²) in [6, 6.07) is 10.7. The zero-order chi connectivity index (χ0) is 19.2. The number of fused-ring (bicyclic) bond motifs is 1. The SMILES string of the molecule is Cc1nc(C2(c3ccccc3)CCN(C(=O)[C@]34CNC[C@H]3COC4)CC2)cs1. The molecule has 2 aromatic rings. The molecule has 28 heavy (non-hydrogen) atoms. The van der Waals surface area contributed by atoms with Crippen LogP contribution in [0, 0.1) is 18.3 Å². The largest absolute Gasteiger partial charge is 0.380 e. The molecule has 1 aromatic carbocycles.